The number of benzene rings is 2. The van der Waals surface area contributed by atoms with E-state index in [1.165, 1.54) is 11.7 Å². The molecule has 2 heterocycles. The lowest BCUT2D eigenvalue weighted by molar-refractivity contribution is 0.184. The van der Waals surface area contributed by atoms with Gasteiger partial charge in [0.05, 0.1) is 41.4 Å². The van der Waals surface area contributed by atoms with Gasteiger partial charge in [0.1, 0.15) is 0 Å². The summed E-state index contributed by atoms with van der Waals surface area (Å²) in [6, 6.07) is 12.9. The van der Waals surface area contributed by atoms with Crippen molar-refractivity contribution in [2.45, 2.75) is 19.6 Å². The number of anilines is 1. The number of hydrogen-bond acceptors (Lipinski definition) is 5. The van der Waals surface area contributed by atoms with Crippen molar-refractivity contribution in [1.82, 2.24) is 18.7 Å². The molecule has 2 aromatic heterocycles. The number of para-hydroxylation sites is 2. The van der Waals surface area contributed by atoms with Gasteiger partial charge in [0.15, 0.2) is 0 Å². The van der Waals surface area contributed by atoms with Gasteiger partial charge in [-0.05, 0) is 30.3 Å². The third kappa shape index (κ3) is 3.07. The molecular formula is C20H21N5O3. The molecule has 0 atom stereocenters. The number of ether oxygens (including phenoxy) is 1. The third-order valence-electron chi connectivity index (χ3n) is 4.86. The molecule has 8 heteroatoms. The van der Waals surface area contributed by atoms with Gasteiger partial charge in [-0.2, -0.15) is 0 Å². The normalized spacial score (nSPS) is 11.5. The summed E-state index contributed by atoms with van der Waals surface area (Å²) >= 11 is 0. The molecule has 2 N–H and O–H groups in total. The van der Waals surface area contributed by atoms with E-state index < -0.39 is 0 Å². The van der Waals surface area contributed by atoms with Crippen LogP contribution in [0, 0.1) is 0 Å². The lowest BCUT2D eigenvalue weighted by atomic mass is 10.2. The fourth-order valence-electron chi connectivity index (χ4n) is 3.43. The average molecular weight is 379 g/mol. The Kier molecular flexibility index (Phi) is 4.70. The van der Waals surface area contributed by atoms with Gasteiger partial charge in [0, 0.05) is 25.9 Å². The predicted molar refractivity (Wildman–Crippen MR) is 108 cm³/mol. The highest BCUT2D eigenvalue weighted by atomic mass is 16.5. The molecular weight excluding hydrogens is 358 g/mol. The number of nitrogens with zero attached hydrogens (tertiary/aromatic N) is 4. The van der Waals surface area contributed by atoms with Crippen LogP contribution in [-0.4, -0.2) is 32.4 Å². The van der Waals surface area contributed by atoms with Crippen LogP contribution in [0.15, 0.2) is 58.4 Å². The zero-order valence-electron chi connectivity index (χ0n) is 15.5. The molecule has 2 aromatic carbocycles. The summed E-state index contributed by atoms with van der Waals surface area (Å²) < 4.78 is 9.87. The molecule has 0 aliphatic heterocycles. The maximum Gasteiger partial charge on any atom is 0.331 e. The molecule has 0 spiro atoms. The second-order valence-electron chi connectivity index (χ2n) is 6.59. The van der Waals surface area contributed by atoms with Gasteiger partial charge < -0.3 is 15.0 Å². The molecule has 0 amide bonds. The highest BCUT2D eigenvalue weighted by Crippen LogP contribution is 2.15. The van der Waals surface area contributed by atoms with Crippen LogP contribution in [0.4, 0.5) is 5.69 Å². The second-order valence-corrected chi connectivity index (χ2v) is 6.59. The van der Waals surface area contributed by atoms with E-state index in [1.807, 2.05) is 28.8 Å². The smallest absolute Gasteiger partial charge is 0.331 e. The maximum absolute atomic E-state index is 13.0. The van der Waals surface area contributed by atoms with E-state index >= 15 is 0 Å². The molecule has 4 rings (SSSR count). The van der Waals surface area contributed by atoms with Crippen molar-refractivity contribution in [3.8, 4) is 0 Å². The predicted octanol–water partition coefficient (Wildman–Crippen LogP) is 1.44. The molecule has 144 valence electrons. The van der Waals surface area contributed by atoms with Crippen molar-refractivity contribution >= 4 is 27.6 Å². The Bertz CT molecular complexity index is 1270. The van der Waals surface area contributed by atoms with Crippen molar-refractivity contribution < 1.29 is 4.74 Å². The van der Waals surface area contributed by atoms with Crippen LogP contribution >= 0.6 is 0 Å². The highest BCUT2D eigenvalue weighted by Gasteiger charge is 2.14. The Morgan fingerprint density at radius 1 is 1.00 bits per heavy atom. The van der Waals surface area contributed by atoms with Crippen molar-refractivity contribution in [3.63, 3.8) is 0 Å². The van der Waals surface area contributed by atoms with E-state index in [4.69, 9.17) is 10.5 Å². The number of hydrogen-bond donors (Lipinski definition) is 1. The summed E-state index contributed by atoms with van der Waals surface area (Å²) in [4.78, 5) is 30.2. The number of aryl methyl sites for hydroxylation is 2. The molecule has 0 bridgehead atoms. The largest absolute Gasteiger partial charge is 0.399 e. The van der Waals surface area contributed by atoms with Crippen LogP contribution in [0.25, 0.3) is 21.9 Å². The number of nitrogens with two attached hydrogens (primary N) is 1. The van der Waals surface area contributed by atoms with Crippen LogP contribution in [0.1, 0.15) is 0 Å². The minimum Gasteiger partial charge on any atom is -0.399 e. The zero-order chi connectivity index (χ0) is 19.7. The van der Waals surface area contributed by atoms with Gasteiger partial charge in [-0.15, -0.1) is 0 Å². The quantitative estimate of drug-likeness (QED) is 0.511. The summed E-state index contributed by atoms with van der Waals surface area (Å²) in [5.74, 6) is 0. The first kappa shape index (κ1) is 18.0. The minimum absolute atomic E-state index is 0.187. The molecule has 0 fully saturated rings. The molecule has 0 saturated carbocycles. The van der Waals surface area contributed by atoms with Crippen molar-refractivity contribution in [2.75, 3.05) is 19.5 Å². The Morgan fingerprint density at radius 3 is 2.64 bits per heavy atom. The third-order valence-corrected chi connectivity index (χ3v) is 4.86. The Morgan fingerprint density at radius 2 is 1.82 bits per heavy atom. The fraction of sp³-hybridized carbons (Fsp3) is 0.250. The first-order valence-electron chi connectivity index (χ1n) is 9.02. The molecule has 0 unspecified atom stereocenters. The number of fused-ring (bicyclic) bond motifs is 2. The number of aromatic nitrogens is 4. The first-order chi connectivity index (χ1) is 13.6. The van der Waals surface area contributed by atoms with Gasteiger partial charge in [-0.25, -0.2) is 9.78 Å². The Balaban J connectivity index is 1.81. The van der Waals surface area contributed by atoms with Crippen LogP contribution in [-0.2, 0) is 24.4 Å². The van der Waals surface area contributed by atoms with E-state index in [0.717, 1.165) is 11.0 Å². The van der Waals surface area contributed by atoms with Crippen molar-refractivity contribution in [3.05, 3.63) is 69.6 Å². The lowest BCUT2D eigenvalue weighted by Gasteiger charge is -2.15. The van der Waals surface area contributed by atoms with Crippen LogP contribution in [0.5, 0.6) is 0 Å². The van der Waals surface area contributed by atoms with Gasteiger partial charge in [-0.3, -0.25) is 13.9 Å². The summed E-state index contributed by atoms with van der Waals surface area (Å²) in [5, 5.41) is 0.422. The molecule has 0 saturated heterocycles. The van der Waals surface area contributed by atoms with E-state index in [1.54, 1.807) is 29.1 Å². The van der Waals surface area contributed by atoms with E-state index in [-0.39, 0.29) is 24.4 Å². The van der Waals surface area contributed by atoms with Crippen LogP contribution < -0.4 is 17.0 Å². The number of nitrogen functional groups attached to an aromatic ring is 1. The Hall–Kier alpha value is -3.39. The molecule has 0 radical (unpaired) electrons. The summed E-state index contributed by atoms with van der Waals surface area (Å²) in [5.41, 5.74) is 8.11. The Labute approximate surface area is 160 Å². The van der Waals surface area contributed by atoms with Crippen LogP contribution in [0.2, 0.25) is 0 Å². The first-order valence-corrected chi connectivity index (χ1v) is 9.02. The molecule has 28 heavy (non-hydrogen) atoms. The van der Waals surface area contributed by atoms with E-state index in [9.17, 15) is 9.59 Å². The van der Waals surface area contributed by atoms with Gasteiger partial charge in [0.25, 0.3) is 5.56 Å². The standard InChI is InChI=1S/C20H21N5O3/c1-28-11-10-25-19(26)15-12-14(21)6-7-17(15)24(20(25)27)9-8-23-13-22-16-4-2-3-5-18(16)23/h2-7,12-13H,8-11,21H2,1H3. The maximum atomic E-state index is 13.0. The second kappa shape index (κ2) is 7.32. The van der Waals surface area contributed by atoms with E-state index in [0.29, 0.717) is 29.7 Å². The summed E-state index contributed by atoms with van der Waals surface area (Å²) in [7, 11) is 1.53. The molecule has 0 aliphatic carbocycles. The number of methoxy groups -OCH3 is 1. The van der Waals surface area contributed by atoms with Gasteiger partial charge in [0.2, 0.25) is 0 Å². The number of imidazole rings is 1. The minimum atomic E-state index is -0.358. The molecule has 8 nitrogen and oxygen atoms in total. The topological polar surface area (TPSA) is 97.1 Å². The zero-order valence-corrected chi connectivity index (χ0v) is 15.5. The molecule has 4 aromatic rings. The van der Waals surface area contributed by atoms with Gasteiger partial charge >= 0.3 is 5.69 Å². The van der Waals surface area contributed by atoms with Gasteiger partial charge in [-0.1, -0.05) is 12.1 Å². The summed E-state index contributed by atoms with van der Waals surface area (Å²) in [6.07, 6.45) is 1.76. The average Bonchev–Trinajstić information content (AvgIpc) is 3.11. The summed E-state index contributed by atoms with van der Waals surface area (Å²) in [6.45, 7) is 1.40. The monoisotopic (exact) mass is 379 g/mol. The number of rotatable bonds is 6. The SMILES string of the molecule is COCCn1c(=O)c2cc(N)ccc2n(CCn2cnc3ccccc32)c1=O. The fourth-order valence-corrected chi connectivity index (χ4v) is 3.43. The van der Waals surface area contributed by atoms with Crippen molar-refractivity contribution in [1.29, 1.82) is 0 Å². The van der Waals surface area contributed by atoms with E-state index in [2.05, 4.69) is 4.98 Å². The molecule has 0 aliphatic rings. The van der Waals surface area contributed by atoms with Crippen molar-refractivity contribution in [2.24, 2.45) is 0 Å². The van der Waals surface area contributed by atoms with Crippen LogP contribution in [0.3, 0.4) is 0 Å². The highest BCUT2D eigenvalue weighted by molar-refractivity contribution is 5.81. The lowest BCUT2D eigenvalue weighted by Crippen LogP contribution is -2.41.